The van der Waals surface area contributed by atoms with E-state index in [1.165, 1.54) is 12.1 Å². The van der Waals surface area contributed by atoms with Crippen LogP contribution in [0.1, 0.15) is 10.4 Å². The molecule has 0 saturated carbocycles. The standard InChI is InChI=1S/C16H15ClFNO2S/c17-15-6-12(18)4-3-11(15)10-21-13-8-19(9-13)16(20)7-14-2-1-5-22-14/h1-6,13H,7-10H2. The Kier molecular flexibility index (Phi) is 4.76. The molecule has 0 atom stereocenters. The summed E-state index contributed by atoms with van der Waals surface area (Å²) in [5.41, 5.74) is 0.756. The molecule has 1 saturated heterocycles. The van der Waals surface area contributed by atoms with Crippen LogP contribution in [0.15, 0.2) is 35.7 Å². The number of hydrogen-bond donors (Lipinski definition) is 0. The minimum absolute atomic E-state index is 0.0217. The second-order valence-electron chi connectivity index (χ2n) is 5.22. The van der Waals surface area contributed by atoms with Crippen LogP contribution in [0.2, 0.25) is 5.02 Å². The van der Waals surface area contributed by atoms with E-state index in [4.69, 9.17) is 16.3 Å². The Morgan fingerprint density at radius 1 is 1.41 bits per heavy atom. The Morgan fingerprint density at radius 3 is 2.91 bits per heavy atom. The molecule has 2 heterocycles. The lowest BCUT2D eigenvalue weighted by Crippen LogP contribution is -2.55. The summed E-state index contributed by atoms with van der Waals surface area (Å²) >= 11 is 7.54. The Balaban J connectivity index is 1.43. The second kappa shape index (κ2) is 6.77. The van der Waals surface area contributed by atoms with E-state index >= 15 is 0 Å². The Labute approximate surface area is 137 Å². The molecule has 116 valence electrons. The van der Waals surface area contributed by atoms with Crippen molar-refractivity contribution in [2.24, 2.45) is 0 Å². The normalized spacial score (nSPS) is 14.9. The van der Waals surface area contributed by atoms with Gasteiger partial charge in [0, 0.05) is 23.0 Å². The molecule has 1 aliphatic heterocycles. The molecule has 0 spiro atoms. The Hall–Kier alpha value is -1.43. The van der Waals surface area contributed by atoms with Gasteiger partial charge in [-0.2, -0.15) is 0 Å². The molecule has 6 heteroatoms. The number of carbonyl (C=O) groups is 1. The van der Waals surface area contributed by atoms with Gasteiger partial charge in [0.25, 0.3) is 0 Å². The first kappa shape index (κ1) is 15.5. The van der Waals surface area contributed by atoms with Gasteiger partial charge in [-0.05, 0) is 29.1 Å². The summed E-state index contributed by atoms with van der Waals surface area (Å²) in [6, 6.07) is 8.17. The highest BCUT2D eigenvalue weighted by Gasteiger charge is 2.31. The highest BCUT2D eigenvalue weighted by molar-refractivity contribution is 7.10. The van der Waals surface area contributed by atoms with E-state index in [0.29, 0.717) is 31.1 Å². The Morgan fingerprint density at radius 2 is 2.23 bits per heavy atom. The van der Waals surface area contributed by atoms with E-state index in [9.17, 15) is 9.18 Å². The maximum Gasteiger partial charge on any atom is 0.228 e. The van der Waals surface area contributed by atoms with Gasteiger partial charge in [0.15, 0.2) is 0 Å². The van der Waals surface area contributed by atoms with Gasteiger partial charge in [-0.1, -0.05) is 23.7 Å². The molecule has 2 aromatic rings. The molecule has 0 N–H and O–H groups in total. The van der Waals surface area contributed by atoms with Gasteiger partial charge < -0.3 is 9.64 Å². The van der Waals surface area contributed by atoms with Crippen molar-refractivity contribution in [2.75, 3.05) is 13.1 Å². The van der Waals surface area contributed by atoms with E-state index in [2.05, 4.69) is 0 Å². The van der Waals surface area contributed by atoms with Gasteiger partial charge in [-0.15, -0.1) is 11.3 Å². The molecule has 1 aromatic heterocycles. The minimum Gasteiger partial charge on any atom is -0.370 e. The van der Waals surface area contributed by atoms with Gasteiger partial charge in [-0.3, -0.25) is 4.79 Å². The van der Waals surface area contributed by atoms with Crippen LogP contribution < -0.4 is 0 Å². The number of thiophene rings is 1. The van der Waals surface area contributed by atoms with Crippen molar-refractivity contribution in [2.45, 2.75) is 19.1 Å². The van der Waals surface area contributed by atoms with Crippen LogP contribution in [0, 0.1) is 5.82 Å². The SMILES string of the molecule is O=C(Cc1cccs1)N1CC(OCc2ccc(F)cc2Cl)C1. The molecule has 0 radical (unpaired) electrons. The zero-order valence-electron chi connectivity index (χ0n) is 11.8. The van der Waals surface area contributed by atoms with Gasteiger partial charge in [0.05, 0.1) is 19.1 Å². The minimum atomic E-state index is -0.359. The fraction of sp³-hybridized carbons (Fsp3) is 0.312. The van der Waals surface area contributed by atoms with Crippen LogP contribution in [0.4, 0.5) is 4.39 Å². The summed E-state index contributed by atoms with van der Waals surface area (Å²) in [6.07, 6.45) is 0.474. The van der Waals surface area contributed by atoms with Crippen LogP contribution in [0.3, 0.4) is 0 Å². The third kappa shape index (κ3) is 3.66. The predicted molar refractivity (Wildman–Crippen MR) is 84.6 cm³/mol. The van der Waals surface area contributed by atoms with Gasteiger partial charge in [0.1, 0.15) is 5.82 Å². The lowest BCUT2D eigenvalue weighted by Gasteiger charge is -2.39. The lowest BCUT2D eigenvalue weighted by atomic mass is 10.1. The zero-order chi connectivity index (χ0) is 15.5. The molecule has 1 aliphatic rings. The average molecular weight is 340 g/mol. The molecule has 0 aliphatic carbocycles. The highest BCUT2D eigenvalue weighted by Crippen LogP contribution is 2.21. The van der Waals surface area contributed by atoms with Crippen LogP contribution in [-0.2, 0) is 22.6 Å². The summed E-state index contributed by atoms with van der Waals surface area (Å²) in [5.74, 6) is -0.232. The van der Waals surface area contributed by atoms with E-state index < -0.39 is 0 Å². The lowest BCUT2D eigenvalue weighted by molar-refractivity contribution is -0.145. The molecule has 3 nitrogen and oxygen atoms in total. The first-order valence-corrected chi connectivity index (χ1v) is 8.23. The summed E-state index contributed by atoms with van der Waals surface area (Å²) in [6.45, 7) is 1.53. The van der Waals surface area contributed by atoms with Gasteiger partial charge >= 0.3 is 0 Å². The molecule has 1 aromatic carbocycles. The van der Waals surface area contributed by atoms with Crippen LogP contribution in [0.25, 0.3) is 0 Å². The van der Waals surface area contributed by atoms with E-state index in [0.717, 1.165) is 10.4 Å². The number of halogens is 2. The number of benzene rings is 1. The number of likely N-dealkylation sites (tertiary alicyclic amines) is 1. The van der Waals surface area contributed by atoms with Crippen molar-refractivity contribution >= 4 is 28.8 Å². The Bertz CT molecular complexity index is 656. The van der Waals surface area contributed by atoms with Crippen molar-refractivity contribution < 1.29 is 13.9 Å². The predicted octanol–water partition coefficient (Wildman–Crippen LogP) is 3.51. The molecular formula is C16H15ClFNO2S. The molecule has 0 unspecified atom stereocenters. The van der Waals surface area contributed by atoms with Gasteiger partial charge in [-0.25, -0.2) is 4.39 Å². The maximum absolute atomic E-state index is 13.0. The van der Waals surface area contributed by atoms with Crippen LogP contribution in [0.5, 0.6) is 0 Å². The largest absolute Gasteiger partial charge is 0.370 e. The summed E-state index contributed by atoms with van der Waals surface area (Å²) in [4.78, 5) is 14.9. The third-order valence-corrected chi connectivity index (χ3v) is 4.82. The summed E-state index contributed by atoms with van der Waals surface area (Å²) in [7, 11) is 0. The van der Waals surface area contributed by atoms with Crippen molar-refractivity contribution in [3.8, 4) is 0 Å². The van der Waals surface area contributed by atoms with Crippen molar-refractivity contribution in [3.05, 3.63) is 57.0 Å². The number of rotatable bonds is 5. The second-order valence-corrected chi connectivity index (χ2v) is 6.66. The molecule has 22 heavy (non-hydrogen) atoms. The first-order valence-electron chi connectivity index (χ1n) is 6.97. The smallest absolute Gasteiger partial charge is 0.228 e. The van der Waals surface area contributed by atoms with E-state index in [1.54, 1.807) is 22.3 Å². The number of carbonyl (C=O) groups excluding carboxylic acids is 1. The van der Waals surface area contributed by atoms with Crippen LogP contribution >= 0.6 is 22.9 Å². The van der Waals surface area contributed by atoms with E-state index in [1.807, 2.05) is 17.5 Å². The number of amides is 1. The molecular weight excluding hydrogens is 325 g/mol. The molecule has 3 rings (SSSR count). The summed E-state index contributed by atoms with van der Waals surface area (Å²) < 4.78 is 18.7. The molecule has 0 bridgehead atoms. The zero-order valence-corrected chi connectivity index (χ0v) is 13.4. The maximum atomic E-state index is 13.0. The number of nitrogens with zero attached hydrogens (tertiary/aromatic N) is 1. The fourth-order valence-electron chi connectivity index (χ4n) is 2.27. The van der Waals surface area contributed by atoms with E-state index in [-0.39, 0.29) is 17.8 Å². The highest BCUT2D eigenvalue weighted by atomic mass is 35.5. The summed E-state index contributed by atoms with van der Waals surface area (Å²) in [5, 5.41) is 2.34. The number of hydrogen-bond acceptors (Lipinski definition) is 3. The van der Waals surface area contributed by atoms with Gasteiger partial charge in [0.2, 0.25) is 5.91 Å². The topological polar surface area (TPSA) is 29.5 Å². The van der Waals surface area contributed by atoms with Crippen LogP contribution in [-0.4, -0.2) is 30.0 Å². The molecule has 1 fully saturated rings. The number of ether oxygens (including phenoxy) is 1. The third-order valence-electron chi connectivity index (χ3n) is 3.60. The van der Waals surface area contributed by atoms with Crippen molar-refractivity contribution in [3.63, 3.8) is 0 Å². The quantitative estimate of drug-likeness (QED) is 0.834. The average Bonchev–Trinajstić information content (AvgIpc) is 2.92. The van der Waals surface area contributed by atoms with Crippen molar-refractivity contribution in [1.82, 2.24) is 4.90 Å². The first-order chi connectivity index (χ1) is 10.6. The fourth-order valence-corrected chi connectivity index (χ4v) is 3.19. The molecule has 1 amide bonds. The van der Waals surface area contributed by atoms with Crippen molar-refractivity contribution in [1.29, 1.82) is 0 Å². The monoisotopic (exact) mass is 339 g/mol.